The number of nitrogens with one attached hydrogen (secondary N) is 1. The van der Waals surface area contributed by atoms with Crippen LogP contribution in [0.1, 0.15) is 25.3 Å². The van der Waals surface area contributed by atoms with Gasteiger partial charge < -0.3 is 5.32 Å². The first-order valence-corrected chi connectivity index (χ1v) is 8.19. The van der Waals surface area contributed by atoms with Crippen LogP contribution in [-0.2, 0) is 6.42 Å². The fraction of sp³-hybridized carbons (Fsp3) is 0.467. The molecule has 0 spiro atoms. The van der Waals surface area contributed by atoms with E-state index < -0.39 is 0 Å². The monoisotopic (exact) mass is 325 g/mol. The molecular weight excluding hydrogens is 306 g/mol. The molecule has 98 valence electrons. The van der Waals surface area contributed by atoms with E-state index in [1.165, 1.54) is 39.4 Å². The quantitative estimate of drug-likeness (QED) is 0.801. The fourth-order valence-electron chi connectivity index (χ4n) is 2.21. The zero-order chi connectivity index (χ0) is 13.0. The third-order valence-corrected chi connectivity index (χ3v) is 5.43. The van der Waals surface area contributed by atoms with Crippen LogP contribution < -0.4 is 5.32 Å². The lowest BCUT2D eigenvalue weighted by Crippen LogP contribution is -2.11. The molecule has 1 nitrogen and oxygen atoms in total. The van der Waals surface area contributed by atoms with E-state index in [2.05, 4.69) is 51.7 Å². The molecule has 18 heavy (non-hydrogen) atoms. The third kappa shape index (κ3) is 3.34. The minimum Gasteiger partial charge on any atom is -0.320 e. The molecule has 1 N–H and O–H groups in total. The van der Waals surface area contributed by atoms with Crippen molar-refractivity contribution in [3.63, 3.8) is 0 Å². The Morgan fingerprint density at radius 3 is 2.94 bits per heavy atom. The summed E-state index contributed by atoms with van der Waals surface area (Å²) in [4.78, 5) is 0. The summed E-state index contributed by atoms with van der Waals surface area (Å²) in [5.74, 6) is 0.791. The third-order valence-electron chi connectivity index (χ3n) is 3.43. The minimum atomic E-state index is 0.791. The Hall–Kier alpha value is -0.380. The number of fused-ring (bicyclic) bond motifs is 1. The van der Waals surface area contributed by atoms with E-state index in [4.69, 9.17) is 0 Å². The van der Waals surface area contributed by atoms with Crippen LogP contribution in [0.15, 0.2) is 28.1 Å². The largest absolute Gasteiger partial charge is 0.320 e. The Balaban J connectivity index is 2.02. The molecule has 1 atom stereocenters. The van der Waals surface area contributed by atoms with Gasteiger partial charge in [-0.2, -0.15) is 0 Å². The number of hydrogen-bond acceptors (Lipinski definition) is 2. The van der Waals surface area contributed by atoms with E-state index in [9.17, 15) is 0 Å². The molecule has 2 aromatic rings. The number of halogens is 1. The molecule has 3 heteroatoms. The van der Waals surface area contributed by atoms with Crippen molar-refractivity contribution in [2.45, 2.75) is 26.2 Å². The topological polar surface area (TPSA) is 12.0 Å². The van der Waals surface area contributed by atoms with Gasteiger partial charge in [0.2, 0.25) is 0 Å². The molecule has 0 saturated heterocycles. The molecule has 0 bridgehead atoms. The van der Waals surface area contributed by atoms with E-state index in [0.29, 0.717) is 0 Å². The van der Waals surface area contributed by atoms with Crippen molar-refractivity contribution in [2.24, 2.45) is 5.92 Å². The van der Waals surface area contributed by atoms with Gasteiger partial charge in [0.15, 0.2) is 0 Å². The van der Waals surface area contributed by atoms with E-state index in [1.54, 1.807) is 0 Å². The second-order valence-electron chi connectivity index (χ2n) is 4.91. The first-order valence-electron chi connectivity index (χ1n) is 6.51. The van der Waals surface area contributed by atoms with Gasteiger partial charge in [-0.25, -0.2) is 0 Å². The predicted octanol–water partition coefficient (Wildman–Crippen LogP) is 4.84. The standard InChI is InChI=1S/C15H20BrNS/c1-11(8-9-17-2)6-7-12-10-18-15-13(12)4-3-5-14(15)16/h3-5,10-11,17H,6-9H2,1-2H3. The lowest BCUT2D eigenvalue weighted by Gasteiger charge is -2.10. The molecule has 1 aromatic carbocycles. The summed E-state index contributed by atoms with van der Waals surface area (Å²) >= 11 is 5.48. The van der Waals surface area contributed by atoms with Gasteiger partial charge in [-0.15, -0.1) is 11.3 Å². The average Bonchev–Trinajstić information content (AvgIpc) is 2.78. The predicted molar refractivity (Wildman–Crippen MR) is 85.6 cm³/mol. The molecule has 1 aromatic heterocycles. The van der Waals surface area contributed by atoms with Crippen molar-refractivity contribution < 1.29 is 0 Å². The number of thiophene rings is 1. The molecule has 0 aliphatic rings. The van der Waals surface area contributed by atoms with Crippen LogP contribution in [0.25, 0.3) is 10.1 Å². The Morgan fingerprint density at radius 1 is 1.33 bits per heavy atom. The summed E-state index contributed by atoms with van der Waals surface area (Å²) < 4.78 is 2.61. The van der Waals surface area contributed by atoms with E-state index in [1.807, 2.05) is 18.4 Å². The number of rotatable bonds is 6. The van der Waals surface area contributed by atoms with Crippen LogP contribution in [0, 0.1) is 5.92 Å². The normalized spacial score (nSPS) is 13.1. The van der Waals surface area contributed by atoms with E-state index in [0.717, 1.165) is 12.5 Å². The van der Waals surface area contributed by atoms with Crippen LogP contribution in [0.5, 0.6) is 0 Å². The van der Waals surface area contributed by atoms with Crippen LogP contribution in [0.3, 0.4) is 0 Å². The summed E-state index contributed by atoms with van der Waals surface area (Å²) in [5, 5.41) is 6.97. The van der Waals surface area contributed by atoms with Gasteiger partial charge >= 0.3 is 0 Å². The van der Waals surface area contributed by atoms with Crippen LogP contribution in [0.4, 0.5) is 0 Å². The molecular formula is C15H20BrNS. The van der Waals surface area contributed by atoms with Gasteiger partial charge in [0, 0.05) is 9.17 Å². The van der Waals surface area contributed by atoms with Crippen molar-refractivity contribution in [1.29, 1.82) is 0 Å². The van der Waals surface area contributed by atoms with Crippen molar-refractivity contribution in [3.8, 4) is 0 Å². The molecule has 0 aliphatic heterocycles. The molecule has 1 unspecified atom stereocenters. The fourth-order valence-corrected chi connectivity index (χ4v) is 3.86. The van der Waals surface area contributed by atoms with Gasteiger partial charge in [-0.05, 0) is 77.1 Å². The maximum absolute atomic E-state index is 3.63. The van der Waals surface area contributed by atoms with Crippen LogP contribution >= 0.6 is 27.3 Å². The zero-order valence-corrected chi connectivity index (χ0v) is 13.4. The second-order valence-corrected chi connectivity index (χ2v) is 6.65. The zero-order valence-electron chi connectivity index (χ0n) is 11.0. The van der Waals surface area contributed by atoms with Crippen molar-refractivity contribution >= 4 is 37.4 Å². The SMILES string of the molecule is CNCCC(C)CCc1csc2c(Br)cccc12. The number of aryl methyl sites for hydroxylation is 1. The molecule has 0 radical (unpaired) electrons. The van der Waals surface area contributed by atoms with E-state index >= 15 is 0 Å². The van der Waals surface area contributed by atoms with E-state index in [-0.39, 0.29) is 0 Å². The summed E-state index contributed by atoms with van der Waals surface area (Å²) in [5.41, 5.74) is 1.51. The molecule has 0 saturated carbocycles. The van der Waals surface area contributed by atoms with Gasteiger partial charge in [0.25, 0.3) is 0 Å². The highest BCUT2D eigenvalue weighted by Gasteiger charge is 2.08. The van der Waals surface area contributed by atoms with Crippen LogP contribution in [-0.4, -0.2) is 13.6 Å². The highest BCUT2D eigenvalue weighted by Crippen LogP contribution is 2.33. The summed E-state index contributed by atoms with van der Waals surface area (Å²) in [6, 6.07) is 6.50. The molecule has 2 rings (SSSR count). The maximum Gasteiger partial charge on any atom is 0.0487 e. The molecule has 0 aliphatic carbocycles. The number of benzene rings is 1. The highest BCUT2D eigenvalue weighted by molar-refractivity contribution is 9.10. The molecule has 1 heterocycles. The van der Waals surface area contributed by atoms with Gasteiger partial charge in [-0.3, -0.25) is 0 Å². The van der Waals surface area contributed by atoms with Gasteiger partial charge in [-0.1, -0.05) is 19.1 Å². The summed E-state index contributed by atoms with van der Waals surface area (Å²) in [6.07, 6.45) is 3.74. The Bertz CT molecular complexity index is 506. The summed E-state index contributed by atoms with van der Waals surface area (Å²) in [7, 11) is 2.02. The molecule has 0 amide bonds. The van der Waals surface area contributed by atoms with Crippen molar-refractivity contribution in [2.75, 3.05) is 13.6 Å². The molecule has 0 fully saturated rings. The smallest absolute Gasteiger partial charge is 0.0487 e. The number of hydrogen-bond donors (Lipinski definition) is 1. The first kappa shape index (κ1) is 14.0. The first-order chi connectivity index (χ1) is 8.72. The van der Waals surface area contributed by atoms with Crippen molar-refractivity contribution in [3.05, 3.63) is 33.6 Å². The average molecular weight is 326 g/mol. The maximum atomic E-state index is 3.63. The van der Waals surface area contributed by atoms with Crippen molar-refractivity contribution in [1.82, 2.24) is 5.32 Å². The Labute approximate surface area is 122 Å². The highest BCUT2D eigenvalue weighted by atomic mass is 79.9. The Kier molecular flexibility index (Phi) is 5.22. The lowest BCUT2D eigenvalue weighted by atomic mass is 9.98. The second kappa shape index (κ2) is 6.69. The Morgan fingerprint density at radius 2 is 2.17 bits per heavy atom. The van der Waals surface area contributed by atoms with Crippen LogP contribution in [0.2, 0.25) is 0 Å². The lowest BCUT2D eigenvalue weighted by molar-refractivity contribution is 0.483. The van der Waals surface area contributed by atoms with Gasteiger partial charge in [0.1, 0.15) is 0 Å². The minimum absolute atomic E-state index is 0.791. The summed E-state index contributed by atoms with van der Waals surface area (Å²) in [6.45, 7) is 3.47. The van der Waals surface area contributed by atoms with Gasteiger partial charge in [0.05, 0.1) is 0 Å².